The van der Waals surface area contributed by atoms with Crippen molar-refractivity contribution in [3.8, 4) is 0 Å². The lowest BCUT2D eigenvalue weighted by atomic mass is 10.1. The number of benzene rings is 2. The molecule has 2 aromatic carbocycles. The quantitative estimate of drug-likeness (QED) is 0.377. The molecule has 0 atom stereocenters. The molecule has 0 saturated carbocycles. The van der Waals surface area contributed by atoms with Gasteiger partial charge in [-0.15, -0.1) is 0 Å². The molecule has 0 aliphatic carbocycles. The second-order valence-corrected chi connectivity index (χ2v) is 10.6. The van der Waals surface area contributed by atoms with E-state index in [-0.39, 0.29) is 4.90 Å². The van der Waals surface area contributed by atoms with Crippen molar-refractivity contribution in [1.82, 2.24) is 24.2 Å². The lowest BCUT2D eigenvalue weighted by Crippen LogP contribution is -2.43. The van der Waals surface area contributed by atoms with Gasteiger partial charge in [-0.25, -0.2) is 17.4 Å². The van der Waals surface area contributed by atoms with Crippen LogP contribution in [0.1, 0.15) is 5.56 Å². The Morgan fingerprint density at radius 2 is 1.81 bits per heavy atom. The van der Waals surface area contributed by atoms with Crippen LogP contribution in [0.2, 0.25) is 0 Å². The van der Waals surface area contributed by atoms with E-state index < -0.39 is 10.0 Å². The molecule has 1 aliphatic heterocycles. The number of aromatic nitrogens is 4. The van der Waals surface area contributed by atoms with Crippen LogP contribution >= 0.6 is 0 Å². The SMILES string of the molecule is Cc1cc(Nc2ncc3ccn(S(=O)(=O)c4cccc5cccnc45)c3n2)ccc1N1CCNCC1. The Kier molecular flexibility index (Phi) is 5.54. The van der Waals surface area contributed by atoms with Crippen LogP contribution in [0.3, 0.4) is 0 Å². The van der Waals surface area contributed by atoms with Gasteiger partial charge in [0.2, 0.25) is 5.95 Å². The summed E-state index contributed by atoms with van der Waals surface area (Å²) < 4.78 is 28.5. The van der Waals surface area contributed by atoms with Crippen molar-refractivity contribution in [2.24, 2.45) is 0 Å². The highest BCUT2D eigenvalue weighted by molar-refractivity contribution is 7.90. The van der Waals surface area contributed by atoms with Crippen molar-refractivity contribution >= 4 is 49.3 Å². The van der Waals surface area contributed by atoms with Crippen molar-refractivity contribution in [3.63, 3.8) is 0 Å². The normalized spacial score (nSPS) is 14.4. The summed E-state index contributed by atoms with van der Waals surface area (Å²) in [4.78, 5) is 15.8. The van der Waals surface area contributed by atoms with Crippen LogP contribution in [0.15, 0.2) is 78.1 Å². The molecule has 1 fully saturated rings. The van der Waals surface area contributed by atoms with E-state index >= 15 is 0 Å². The lowest BCUT2D eigenvalue weighted by Gasteiger charge is -2.30. The fourth-order valence-electron chi connectivity index (χ4n) is 4.66. The van der Waals surface area contributed by atoms with Gasteiger partial charge >= 0.3 is 0 Å². The van der Waals surface area contributed by atoms with Gasteiger partial charge in [-0.2, -0.15) is 4.98 Å². The van der Waals surface area contributed by atoms with E-state index in [1.54, 1.807) is 36.7 Å². The average molecular weight is 500 g/mol. The number of aryl methyl sites for hydroxylation is 1. The second kappa shape index (κ2) is 8.89. The minimum absolute atomic E-state index is 0.130. The first-order valence-electron chi connectivity index (χ1n) is 11.8. The lowest BCUT2D eigenvalue weighted by molar-refractivity contribution is 0.588. The number of hydrogen-bond donors (Lipinski definition) is 2. The zero-order valence-corrected chi connectivity index (χ0v) is 20.5. The number of fused-ring (bicyclic) bond motifs is 2. The monoisotopic (exact) mass is 499 g/mol. The van der Waals surface area contributed by atoms with E-state index in [4.69, 9.17) is 0 Å². The molecule has 2 N–H and O–H groups in total. The van der Waals surface area contributed by atoms with Gasteiger partial charge in [-0.1, -0.05) is 18.2 Å². The molecule has 0 amide bonds. The molecule has 0 unspecified atom stereocenters. The number of nitrogens with zero attached hydrogens (tertiary/aromatic N) is 5. The topological polar surface area (TPSA) is 105 Å². The number of piperazine rings is 1. The van der Waals surface area contributed by atoms with Crippen LogP contribution in [0.5, 0.6) is 0 Å². The zero-order valence-electron chi connectivity index (χ0n) is 19.7. The van der Waals surface area contributed by atoms with Crippen LogP contribution in [0.25, 0.3) is 21.9 Å². The molecule has 1 aliphatic rings. The summed E-state index contributed by atoms with van der Waals surface area (Å²) in [6, 6.07) is 16.6. The Morgan fingerprint density at radius 1 is 0.972 bits per heavy atom. The first kappa shape index (κ1) is 22.4. The third-order valence-electron chi connectivity index (χ3n) is 6.44. The predicted octanol–water partition coefficient (Wildman–Crippen LogP) is 3.68. The number of rotatable bonds is 5. The molecule has 0 bridgehead atoms. The van der Waals surface area contributed by atoms with Gasteiger partial charge in [0.1, 0.15) is 4.90 Å². The highest BCUT2D eigenvalue weighted by atomic mass is 32.2. The van der Waals surface area contributed by atoms with E-state index in [0.29, 0.717) is 22.5 Å². The molecule has 0 radical (unpaired) electrons. The van der Waals surface area contributed by atoms with Crippen molar-refractivity contribution in [3.05, 3.63) is 78.8 Å². The van der Waals surface area contributed by atoms with Crippen LogP contribution in [0, 0.1) is 6.92 Å². The fraction of sp³-hybridized carbons (Fsp3) is 0.192. The van der Waals surface area contributed by atoms with Gasteiger partial charge in [0.15, 0.2) is 5.65 Å². The van der Waals surface area contributed by atoms with E-state index in [2.05, 4.69) is 49.5 Å². The molecule has 6 rings (SSSR count). The van der Waals surface area contributed by atoms with E-state index in [1.165, 1.54) is 15.9 Å². The number of pyridine rings is 1. The van der Waals surface area contributed by atoms with Gasteiger partial charge in [-0.3, -0.25) is 4.98 Å². The molecule has 3 aromatic heterocycles. The van der Waals surface area contributed by atoms with Crippen molar-refractivity contribution in [1.29, 1.82) is 0 Å². The highest BCUT2D eigenvalue weighted by Gasteiger charge is 2.23. The number of hydrogen-bond acceptors (Lipinski definition) is 8. The standard InChI is InChI=1S/C26H25N7O2S/c1-18-16-21(7-8-22(18)32-14-11-27-12-15-32)30-26-29-17-20-9-13-33(25(20)31-26)36(34,35)23-6-2-4-19-5-3-10-28-24(19)23/h2-10,13,16-17,27H,11-12,14-15H2,1H3,(H,29,30,31). The Labute approximate surface area is 208 Å². The second-order valence-electron chi connectivity index (χ2n) is 8.78. The summed E-state index contributed by atoms with van der Waals surface area (Å²) in [5, 5.41) is 7.99. The summed E-state index contributed by atoms with van der Waals surface area (Å²) in [5.74, 6) is 0.322. The Balaban J connectivity index is 1.34. The predicted molar refractivity (Wildman–Crippen MR) is 141 cm³/mol. The Hall–Kier alpha value is -4.02. The highest BCUT2D eigenvalue weighted by Crippen LogP contribution is 2.28. The molecule has 0 spiro atoms. The van der Waals surface area contributed by atoms with Crippen molar-refractivity contribution < 1.29 is 8.42 Å². The number of nitrogens with one attached hydrogen (secondary N) is 2. The third kappa shape index (κ3) is 3.94. The molecular weight excluding hydrogens is 474 g/mol. The van der Waals surface area contributed by atoms with Crippen LogP contribution in [0.4, 0.5) is 17.3 Å². The van der Waals surface area contributed by atoms with Gasteiger partial charge < -0.3 is 15.5 Å². The zero-order chi connectivity index (χ0) is 24.7. The summed E-state index contributed by atoms with van der Waals surface area (Å²) in [6.07, 6.45) is 4.72. The minimum Gasteiger partial charge on any atom is -0.369 e. The molecular formula is C26H25N7O2S. The van der Waals surface area contributed by atoms with Gasteiger partial charge in [-0.05, 0) is 48.9 Å². The number of para-hydroxylation sites is 1. The van der Waals surface area contributed by atoms with Crippen molar-refractivity contribution in [2.45, 2.75) is 11.8 Å². The van der Waals surface area contributed by atoms with Gasteiger partial charge in [0, 0.05) is 66.9 Å². The first-order valence-corrected chi connectivity index (χ1v) is 13.2. The Bertz CT molecular complexity index is 1690. The van der Waals surface area contributed by atoms with E-state index in [0.717, 1.165) is 42.8 Å². The van der Waals surface area contributed by atoms with Crippen LogP contribution in [-0.2, 0) is 10.0 Å². The van der Waals surface area contributed by atoms with Crippen molar-refractivity contribution in [2.75, 3.05) is 36.4 Å². The fourth-order valence-corrected chi connectivity index (χ4v) is 6.13. The third-order valence-corrected chi connectivity index (χ3v) is 8.14. The van der Waals surface area contributed by atoms with Gasteiger partial charge in [0.05, 0.1) is 5.52 Å². The smallest absolute Gasteiger partial charge is 0.271 e. The Morgan fingerprint density at radius 3 is 2.64 bits per heavy atom. The molecule has 9 nitrogen and oxygen atoms in total. The largest absolute Gasteiger partial charge is 0.369 e. The first-order chi connectivity index (χ1) is 17.5. The van der Waals surface area contributed by atoms with Crippen LogP contribution in [-0.4, -0.2) is 53.5 Å². The average Bonchev–Trinajstić information content (AvgIpc) is 3.33. The summed E-state index contributed by atoms with van der Waals surface area (Å²) in [5.41, 5.74) is 3.92. The van der Waals surface area contributed by atoms with Crippen LogP contribution < -0.4 is 15.5 Å². The van der Waals surface area contributed by atoms with E-state index in [9.17, 15) is 8.42 Å². The molecule has 10 heteroatoms. The van der Waals surface area contributed by atoms with Gasteiger partial charge in [0.25, 0.3) is 10.0 Å². The molecule has 36 heavy (non-hydrogen) atoms. The maximum absolute atomic E-state index is 13.7. The summed E-state index contributed by atoms with van der Waals surface area (Å²) in [6.45, 7) is 5.99. The molecule has 1 saturated heterocycles. The van der Waals surface area contributed by atoms with E-state index in [1.807, 2.05) is 18.2 Å². The summed E-state index contributed by atoms with van der Waals surface area (Å²) in [7, 11) is -3.94. The number of anilines is 3. The molecule has 5 aromatic rings. The molecule has 4 heterocycles. The molecule has 182 valence electrons. The minimum atomic E-state index is -3.94. The maximum atomic E-state index is 13.7. The summed E-state index contributed by atoms with van der Waals surface area (Å²) >= 11 is 0. The maximum Gasteiger partial charge on any atom is 0.271 e.